The van der Waals surface area contributed by atoms with Gasteiger partial charge in [0, 0.05) is 56.4 Å². The number of carbonyl (C=O) groups excluding carboxylic acids is 1. The van der Waals surface area contributed by atoms with Gasteiger partial charge in [-0.25, -0.2) is 9.97 Å². The molecule has 0 aliphatic carbocycles. The number of nitrogens with zero attached hydrogens (tertiary/aromatic N) is 4. The van der Waals surface area contributed by atoms with Gasteiger partial charge in [0.1, 0.15) is 12.1 Å². The zero-order valence-corrected chi connectivity index (χ0v) is 12.9. The van der Waals surface area contributed by atoms with Crippen LogP contribution in [0, 0.1) is 5.41 Å². The summed E-state index contributed by atoms with van der Waals surface area (Å²) in [6.45, 7) is 4.48. The van der Waals surface area contributed by atoms with Crippen molar-refractivity contribution in [3.05, 3.63) is 42.6 Å². The summed E-state index contributed by atoms with van der Waals surface area (Å²) in [5.41, 5.74) is 0.832. The summed E-state index contributed by atoms with van der Waals surface area (Å²) in [6, 6.07) is 3.56. The Kier molecular flexibility index (Phi) is 3.94. The number of imidazole rings is 1. The first-order valence-electron chi connectivity index (χ1n) is 7.34. The van der Waals surface area contributed by atoms with Crippen LogP contribution in [0.15, 0.2) is 37.1 Å². The SMILES string of the molecule is COCCC1(C)CN(C(=O)c2ccnc(-n3ccnc3)c2)C1. The first kappa shape index (κ1) is 14.7. The van der Waals surface area contributed by atoms with Crippen LogP contribution in [-0.4, -0.2) is 52.1 Å². The maximum atomic E-state index is 12.6. The molecule has 3 rings (SSSR count). The minimum absolute atomic E-state index is 0.0543. The maximum Gasteiger partial charge on any atom is 0.254 e. The molecular weight excluding hydrogens is 280 g/mol. The van der Waals surface area contributed by atoms with E-state index in [-0.39, 0.29) is 11.3 Å². The lowest BCUT2D eigenvalue weighted by molar-refractivity contribution is -0.000925. The molecule has 0 radical (unpaired) electrons. The Hall–Kier alpha value is -2.21. The Balaban J connectivity index is 1.68. The van der Waals surface area contributed by atoms with Gasteiger partial charge in [0.2, 0.25) is 0 Å². The molecular formula is C16H20N4O2. The number of carbonyl (C=O) groups is 1. The van der Waals surface area contributed by atoms with E-state index in [4.69, 9.17) is 4.74 Å². The molecule has 6 heteroatoms. The summed E-state index contributed by atoms with van der Waals surface area (Å²) < 4.78 is 6.92. The molecule has 2 aromatic heterocycles. The van der Waals surface area contributed by atoms with E-state index in [1.54, 1.807) is 42.5 Å². The molecule has 0 spiro atoms. The first-order valence-corrected chi connectivity index (χ1v) is 7.34. The zero-order chi connectivity index (χ0) is 15.6. The molecule has 1 amide bonds. The van der Waals surface area contributed by atoms with Gasteiger partial charge in [0.15, 0.2) is 0 Å². The van der Waals surface area contributed by atoms with E-state index < -0.39 is 0 Å². The number of likely N-dealkylation sites (tertiary alicyclic amines) is 1. The van der Waals surface area contributed by atoms with Crippen LogP contribution in [0.2, 0.25) is 0 Å². The highest BCUT2D eigenvalue weighted by Gasteiger charge is 2.41. The van der Waals surface area contributed by atoms with Gasteiger partial charge < -0.3 is 9.64 Å². The standard InChI is InChI=1S/C16H20N4O2/c1-16(4-8-22-2)10-20(11-16)15(21)13-3-5-18-14(9-13)19-7-6-17-12-19/h3,5-7,9,12H,4,8,10-11H2,1-2H3. The minimum atomic E-state index is 0.0543. The third-order valence-electron chi connectivity index (χ3n) is 4.10. The van der Waals surface area contributed by atoms with Gasteiger partial charge in [-0.05, 0) is 18.6 Å². The predicted octanol–water partition coefficient (Wildman–Crippen LogP) is 1.77. The highest BCUT2D eigenvalue weighted by Crippen LogP contribution is 2.34. The van der Waals surface area contributed by atoms with Gasteiger partial charge in [-0.3, -0.25) is 9.36 Å². The Labute approximate surface area is 129 Å². The van der Waals surface area contributed by atoms with E-state index in [0.717, 1.165) is 26.1 Å². The summed E-state index contributed by atoms with van der Waals surface area (Å²) in [4.78, 5) is 22.7. The predicted molar refractivity (Wildman–Crippen MR) is 81.9 cm³/mol. The number of hydrogen-bond acceptors (Lipinski definition) is 4. The summed E-state index contributed by atoms with van der Waals surface area (Å²) in [7, 11) is 1.71. The van der Waals surface area contributed by atoms with Crippen molar-refractivity contribution >= 4 is 5.91 Å². The number of amides is 1. The maximum absolute atomic E-state index is 12.6. The summed E-state index contributed by atoms with van der Waals surface area (Å²) in [5, 5.41) is 0. The molecule has 1 fully saturated rings. The molecule has 6 nitrogen and oxygen atoms in total. The minimum Gasteiger partial charge on any atom is -0.385 e. The molecule has 1 saturated heterocycles. The van der Waals surface area contributed by atoms with E-state index in [0.29, 0.717) is 11.4 Å². The van der Waals surface area contributed by atoms with Crippen LogP contribution < -0.4 is 0 Å². The Morgan fingerprint density at radius 2 is 2.23 bits per heavy atom. The largest absolute Gasteiger partial charge is 0.385 e. The Bertz CT molecular complexity index is 648. The van der Waals surface area contributed by atoms with Gasteiger partial charge in [-0.1, -0.05) is 6.92 Å². The molecule has 0 aromatic carbocycles. The second-order valence-electron chi connectivity index (χ2n) is 6.09. The second kappa shape index (κ2) is 5.88. The lowest BCUT2D eigenvalue weighted by Crippen LogP contribution is -2.57. The van der Waals surface area contributed by atoms with Crippen LogP contribution in [-0.2, 0) is 4.74 Å². The lowest BCUT2D eigenvalue weighted by atomic mass is 9.79. The molecule has 0 saturated carbocycles. The quantitative estimate of drug-likeness (QED) is 0.844. The smallest absolute Gasteiger partial charge is 0.254 e. The molecule has 0 bridgehead atoms. The van der Waals surface area contributed by atoms with Crippen LogP contribution in [0.1, 0.15) is 23.7 Å². The number of rotatable bonds is 5. The van der Waals surface area contributed by atoms with E-state index in [9.17, 15) is 4.79 Å². The molecule has 2 aromatic rings. The third kappa shape index (κ3) is 2.87. The van der Waals surface area contributed by atoms with Gasteiger partial charge in [0.25, 0.3) is 5.91 Å². The second-order valence-corrected chi connectivity index (χ2v) is 6.09. The fraction of sp³-hybridized carbons (Fsp3) is 0.438. The number of ether oxygens (including phenoxy) is 1. The van der Waals surface area contributed by atoms with E-state index in [1.165, 1.54) is 0 Å². The third-order valence-corrected chi connectivity index (χ3v) is 4.10. The number of hydrogen-bond donors (Lipinski definition) is 0. The van der Waals surface area contributed by atoms with Crippen LogP contribution in [0.3, 0.4) is 0 Å². The van der Waals surface area contributed by atoms with Crippen molar-refractivity contribution in [3.8, 4) is 5.82 Å². The number of aromatic nitrogens is 3. The normalized spacial score (nSPS) is 16.4. The first-order chi connectivity index (χ1) is 10.6. The Morgan fingerprint density at radius 1 is 1.41 bits per heavy atom. The van der Waals surface area contributed by atoms with Crippen LogP contribution in [0.25, 0.3) is 5.82 Å². The van der Waals surface area contributed by atoms with Crippen molar-refractivity contribution in [2.75, 3.05) is 26.8 Å². The topological polar surface area (TPSA) is 60.2 Å². The summed E-state index contributed by atoms with van der Waals surface area (Å²) in [5.74, 6) is 0.754. The van der Waals surface area contributed by atoms with Gasteiger partial charge >= 0.3 is 0 Å². The van der Waals surface area contributed by atoms with Crippen LogP contribution in [0.5, 0.6) is 0 Å². The molecule has 0 atom stereocenters. The van der Waals surface area contributed by atoms with E-state index in [1.807, 2.05) is 11.1 Å². The van der Waals surface area contributed by atoms with Crippen molar-refractivity contribution in [1.82, 2.24) is 19.4 Å². The van der Waals surface area contributed by atoms with Gasteiger partial charge in [-0.15, -0.1) is 0 Å². The lowest BCUT2D eigenvalue weighted by Gasteiger charge is -2.48. The molecule has 3 heterocycles. The zero-order valence-electron chi connectivity index (χ0n) is 12.9. The molecule has 0 unspecified atom stereocenters. The highest BCUT2D eigenvalue weighted by molar-refractivity contribution is 5.95. The van der Waals surface area contributed by atoms with Crippen molar-refractivity contribution in [2.24, 2.45) is 5.41 Å². The molecule has 1 aliphatic heterocycles. The Morgan fingerprint density at radius 3 is 2.91 bits per heavy atom. The summed E-state index contributed by atoms with van der Waals surface area (Å²) in [6.07, 6.45) is 7.80. The summed E-state index contributed by atoms with van der Waals surface area (Å²) >= 11 is 0. The van der Waals surface area contributed by atoms with Gasteiger partial charge in [-0.2, -0.15) is 0 Å². The number of pyridine rings is 1. The van der Waals surface area contributed by atoms with Crippen molar-refractivity contribution in [1.29, 1.82) is 0 Å². The van der Waals surface area contributed by atoms with Crippen LogP contribution in [0.4, 0.5) is 0 Å². The fourth-order valence-corrected chi connectivity index (χ4v) is 2.80. The van der Waals surface area contributed by atoms with E-state index in [2.05, 4.69) is 16.9 Å². The molecule has 1 aliphatic rings. The van der Waals surface area contributed by atoms with Gasteiger partial charge in [0.05, 0.1) is 0 Å². The average molecular weight is 300 g/mol. The average Bonchev–Trinajstić information content (AvgIpc) is 3.04. The van der Waals surface area contributed by atoms with Crippen molar-refractivity contribution < 1.29 is 9.53 Å². The fourth-order valence-electron chi connectivity index (χ4n) is 2.80. The molecule has 0 N–H and O–H groups in total. The highest BCUT2D eigenvalue weighted by atomic mass is 16.5. The van der Waals surface area contributed by atoms with Crippen LogP contribution >= 0.6 is 0 Å². The molecule has 116 valence electrons. The molecule has 22 heavy (non-hydrogen) atoms. The number of methoxy groups -OCH3 is 1. The van der Waals surface area contributed by atoms with E-state index >= 15 is 0 Å². The monoisotopic (exact) mass is 300 g/mol. The van der Waals surface area contributed by atoms with Crippen molar-refractivity contribution in [2.45, 2.75) is 13.3 Å². The van der Waals surface area contributed by atoms with Crippen molar-refractivity contribution in [3.63, 3.8) is 0 Å².